The summed E-state index contributed by atoms with van der Waals surface area (Å²) in [6, 6.07) is 0. The number of anilines is 1. The average Bonchev–Trinajstić information content (AvgIpc) is 2.94. The number of rotatable bonds is 3. The molecule has 0 spiro atoms. The van der Waals surface area contributed by atoms with Gasteiger partial charge >= 0.3 is 0 Å². The van der Waals surface area contributed by atoms with E-state index in [2.05, 4.69) is 30.5 Å². The number of hydrogen-bond donors (Lipinski definition) is 2. The van der Waals surface area contributed by atoms with Crippen molar-refractivity contribution in [2.75, 3.05) is 5.32 Å². The molecule has 0 fully saturated rings. The van der Waals surface area contributed by atoms with E-state index in [1.54, 1.807) is 17.5 Å². The predicted octanol–water partition coefficient (Wildman–Crippen LogP) is 2.38. The number of hydrogen-bond acceptors (Lipinski definition) is 6. The lowest BCUT2D eigenvalue weighted by Gasteiger charge is -2.04. The minimum atomic E-state index is 0.185. The maximum absolute atomic E-state index is 5.84. The summed E-state index contributed by atoms with van der Waals surface area (Å²) >= 11 is 7.49. The first-order chi connectivity index (χ1) is 8.72. The Morgan fingerprint density at radius 1 is 1.39 bits per heavy atom. The maximum atomic E-state index is 5.84. The van der Waals surface area contributed by atoms with Crippen molar-refractivity contribution in [3.05, 3.63) is 27.6 Å². The van der Waals surface area contributed by atoms with Crippen molar-refractivity contribution < 1.29 is 0 Å². The Morgan fingerprint density at radius 2 is 2.28 bits per heavy atom. The lowest BCUT2D eigenvalue weighted by Crippen LogP contribution is -2.02. The Morgan fingerprint density at radius 3 is 3.06 bits per heavy atom. The Hall–Kier alpha value is -1.73. The molecule has 3 aromatic rings. The zero-order chi connectivity index (χ0) is 12.5. The molecule has 0 bridgehead atoms. The van der Waals surface area contributed by atoms with Gasteiger partial charge in [0.1, 0.15) is 10.8 Å². The number of aryl methyl sites for hydroxylation is 1. The standard InChI is InChI=1S/C10H9ClN6S/c1-5-2-12-7(18-5)4-13-8-6-3-14-17-9(6)16-10(11)15-8/h2-3H,4H2,1H3,(H2,13,14,15,16,17). The van der Waals surface area contributed by atoms with Crippen LogP contribution >= 0.6 is 22.9 Å². The summed E-state index contributed by atoms with van der Waals surface area (Å²) in [5, 5.41) is 11.9. The molecule has 0 atom stereocenters. The molecular weight excluding hydrogens is 272 g/mol. The fraction of sp³-hybridized carbons (Fsp3) is 0.200. The number of aromatic nitrogens is 5. The molecule has 92 valence electrons. The quantitative estimate of drug-likeness (QED) is 0.720. The minimum absolute atomic E-state index is 0.185. The van der Waals surface area contributed by atoms with Crippen molar-refractivity contribution in [3.63, 3.8) is 0 Å². The molecule has 18 heavy (non-hydrogen) atoms. The highest BCUT2D eigenvalue weighted by atomic mass is 35.5. The van der Waals surface area contributed by atoms with Gasteiger partial charge in [-0.1, -0.05) is 0 Å². The highest BCUT2D eigenvalue weighted by Crippen LogP contribution is 2.21. The van der Waals surface area contributed by atoms with E-state index in [1.807, 2.05) is 13.1 Å². The van der Waals surface area contributed by atoms with Crippen molar-refractivity contribution in [2.24, 2.45) is 0 Å². The molecule has 0 saturated carbocycles. The van der Waals surface area contributed by atoms with Crippen molar-refractivity contribution in [2.45, 2.75) is 13.5 Å². The molecule has 8 heteroatoms. The van der Waals surface area contributed by atoms with Gasteiger partial charge in [-0.25, -0.2) is 4.98 Å². The number of nitrogens with zero attached hydrogens (tertiary/aromatic N) is 4. The first-order valence-electron chi connectivity index (χ1n) is 5.24. The fourth-order valence-electron chi connectivity index (χ4n) is 1.58. The second-order valence-electron chi connectivity index (χ2n) is 3.69. The SMILES string of the molecule is Cc1cnc(CNc2nc(Cl)nc3[nH]ncc23)s1. The van der Waals surface area contributed by atoms with Crippen molar-refractivity contribution in [1.29, 1.82) is 0 Å². The molecule has 0 saturated heterocycles. The van der Waals surface area contributed by atoms with Crippen molar-refractivity contribution in [1.82, 2.24) is 25.1 Å². The number of nitrogens with one attached hydrogen (secondary N) is 2. The van der Waals surface area contributed by atoms with E-state index in [9.17, 15) is 0 Å². The van der Waals surface area contributed by atoms with Crippen molar-refractivity contribution >= 4 is 39.8 Å². The molecule has 2 N–H and O–H groups in total. The molecular formula is C10H9ClN6S. The van der Waals surface area contributed by atoms with Gasteiger partial charge in [-0.15, -0.1) is 11.3 Å². The highest BCUT2D eigenvalue weighted by molar-refractivity contribution is 7.11. The van der Waals surface area contributed by atoms with Crippen LogP contribution in [-0.4, -0.2) is 25.1 Å². The smallest absolute Gasteiger partial charge is 0.226 e. The van der Waals surface area contributed by atoms with E-state index in [0.29, 0.717) is 18.0 Å². The highest BCUT2D eigenvalue weighted by Gasteiger charge is 2.08. The van der Waals surface area contributed by atoms with Gasteiger partial charge in [0.05, 0.1) is 18.1 Å². The van der Waals surface area contributed by atoms with Crippen LogP contribution < -0.4 is 5.32 Å². The Balaban J connectivity index is 1.87. The number of thiazole rings is 1. The summed E-state index contributed by atoms with van der Waals surface area (Å²) in [7, 11) is 0. The lowest BCUT2D eigenvalue weighted by atomic mass is 10.4. The van der Waals surface area contributed by atoms with Crippen LogP contribution in [0.3, 0.4) is 0 Å². The van der Waals surface area contributed by atoms with Gasteiger partial charge in [0.2, 0.25) is 5.28 Å². The van der Waals surface area contributed by atoms with Gasteiger partial charge in [0.15, 0.2) is 5.65 Å². The van der Waals surface area contributed by atoms with E-state index < -0.39 is 0 Å². The molecule has 0 unspecified atom stereocenters. The van der Waals surface area contributed by atoms with Gasteiger partial charge in [0, 0.05) is 11.1 Å². The van der Waals surface area contributed by atoms with E-state index >= 15 is 0 Å². The van der Waals surface area contributed by atoms with Crippen LogP contribution in [0.1, 0.15) is 9.88 Å². The summed E-state index contributed by atoms with van der Waals surface area (Å²) in [5.74, 6) is 0.659. The number of halogens is 1. The summed E-state index contributed by atoms with van der Waals surface area (Å²) in [4.78, 5) is 13.7. The minimum Gasteiger partial charge on any atom is -0.363 e. The van der Waals surface area contributed by atoms with Gasteiger partial charge in [-0.3, -0.25) is 5.10 Å². The Labute approximate surface area is 111 Å². The summed E-state index contributed by atoms with van der Waals surface area (Å²) in [5.41, 5.74) is 0.618. The predicted molar refractivity (Wildman–Crippen MR) is 70.9 cm³/mol. The van der Waals surface area contributed by atoms with Crippen LogP contribution in [0.2, 0.25) is 5.28 Å². The van der Waals surface area contributed by atoms with Gasteiger partial charge in [-0.05, 0) is 18.5 Å². The van der Waals surface area contributed by atoms with E-state index in [1.165, 1.54) is 4.88 Å². The fourth-order valence-corrected chi connectivity index (χ4v) is 2.48. The van der Waals surface area contributed by atoms with Crippen LogP contribution in [0.25, 0.3) is 11.0 Å². The topological polar surface area (TPSA) is 79.4 Å². The Bertz CT molecular complexity index is 691. The molecule has 0 aliphatic heterocycles. The molecule has 3 rings (SSSR count). The van der Waals surface area contributed by atoms with Gasteiger partial charge in [-0.2, -0.15) is 15.1 Å². The molecule has 3 heterocycles. The maximum Gasteiger partial charge on any atom is 0.226 e. The second kappa shape index (κ2) is 4.51. The Kier molecular flexibility index (Phi) is 2.85. The van der Waals surface area contributed by atoms with Gasteiger partial charge < -0.3 is 5.32 Å². The summed E-state index contributed by atoms with van der Waals surface area (Å²) in [6.45, 7) is 2.63. The van der Waals surface area contributed by atoms with Crippen molar-refractivity contribution in [3.8, 4) is 0 Å². The first kappa shape index (κ1) is 11.4. The van der Waals surface area contributed by atoms with Crippen LogP contribution in [0.15, 0.2) is 12.4 Å². The molecule has 0 aromatic carbocycles. The molecule has 0 amide bonds. The zero-order valence-corrected chi connectivity index (χ0v) is 11.0. The van der Waals surface area contributed by atoms with E-state index in [-0.39, 0.29) is 5.28 Å². The zero-order valence-electron chi connectivity index (χ0n) is 9.44. The van der Waals surface area contributed by atoms with Crippen LogP contribution in [0.4, 0.5) is 5.82 Å². The second-order valence-corrected chi connectivity index (χ2v) is 5.35. The van der Waals surface area contributed by atoms with Crippen LogP contribution in [-0.2, 0) is 6.54 Å². The molecule has 3 aromatic heterocycles. The first-order valence-corrected chi connectivity index (χ1v) is 6.43. The summed E-state index contributed by atoms with van der Waals surface area (Å²) < 4.78 is 0. The number of aromatic amines is 1. The number of fused-ring (bicyclic) bond motifs is 1. The average molecular weight is 281 g/mol. The van der Waals surface area contributed by atoms with E-state index in [4.69, 9.17) is 11.6 Å². The third-order valence-corrected chi connectivity index (χ3v) is 3.44. The molecule has 0 radical (unpaired) electrons. The van der Waals surface area contributed by atoms with Crippen LogP contribution in [0, 0.1) is 6.92 Å². The van der Waals surface area contributed by atoms with E-state index in [0.717, 1.165) is 10.4 Å². The molecule has 0 aliphatic carbocycles. The lowest BCUT2D eigenvalue weighted by molar-refractivity contribution is 1.07. The third-order valence-electron chi connectivity index (χ3n) is 2.36. The van der Waals surface area contributed by atoms with Gasteiger partial charge in [0.25, 0.3) is 0 Å². The van der Waals surface area contributed by atoms with Crippen LogP contribution in [0.5, 0.6) is 0 Å². The molecule has 6 nitrogen and oxygen atoms in total. The summed E-state index contributed by atoms with van der Waals surface area (Å²) in [6.07, 6.45) is 3.52. The largest absolute Gasteiger partial charge is 0.363 e. The monoisotopic (exact) mass is 280 g/mol. The third kappa shape index (κ3) is 2.14. The molecule has 0 aliphatic rings. The number of H-pyrrole nitrogens is 1. The normalized spacial score (nSPS) is 11.0.